The summed E-state index contributed by atoms with van der Waals surface area (Å²) in [4.78, 5) is 4.15. The average Bonchev–Trinajstić information content (AvgIpc) is 2.58. The van der Waals surface area contributed by atoms with Crippen molar-refractivity contribution in [2.75, 3.05) is 6.61 Å². The fourth-order valence-electron chi connectivity index (χ4n) is 1.16. The molecule has 1 N–H and O–H groups in total. The minimum Gasteiger partial charge on any atom is -0.384 e. The third kappa shape index (κ3) is 1.40. The molecule has 0 saturated carbocycles. The van der Waals surface area contributed by atoms with Crippen LogP contribution in [0.25, 0.3) is 5.65 Å². The van der Waals surface area contributed by atoms with Crippen LogP contribution in [-0.2, 0) is 0 Å². The van der Waals surface area contributed by atoms with Crippen molar-refractivity contribution in [2.45, 2.75) is 0 Å². The van der Waals surface area contributed by atoms with Crippen LogP contribution in [0.5, 0.6) is 0 Å². The van der Waals surface area contributed by atoms with Gasteiger partial charge in [0.15, 0.2) is 0 Å². The van der Waals surface area contributed by atoms with E-state index in [-0.39, 0.29) is 6.61 Å². The standard InChI is InChI=1S/C10H8N2O/c13-7-3-4-9-8-11-10-5-1-2-6-12(9)10/h1-2,5-6,8,13H,7H2. The van der Waals surface area contributed by atoms with Crippen LogP contribution in [0.2, 0.25) is 0 Å². The van der Waals surface area contributed by atoms with Gasteiger partial charge in [0.25, 0.3) is 0 Å². The van der Waals surface area contributed by atoms with E-state index in [1.165, 1.54) is 0 Å². The first-order valence-corrected chi connectivity index (χ1v) is 3.93. The molecule has 3 nitrogen and oxygen atoms in total. The minimum absolute atomic E-state index is 0.125. The highest BCUT2D eigenvalue weighted by Gasteiger charge is 1.96. The molecule has 2 rings (SSSR count). The van der Waals surface area contributed by atoms with Crippen molar-refractivity contribution in [3.05, 3.63) is 36.3 Å². The van der Waals surface area contributed by atoms with Crippen LogP contribution in [0, 0.1) is 11.8 Å². The molecule has 0 saturated heterocycles. The average molecular weight is 172 g/mol. The van der Waals surface area contributed by atoms with Crippen LogP contribution >= 0.6 is 0 Å². The molecule has 0 spiro atoms. The molecule has 0 aliphatic heterocycles. The topological polar surface area (TPSA) is 37.5 Å². The Labute approximate surface area is 75.7 Å². The number of nitrogens with zero attached hydrogens (tertiary/aromatic N) is 2. The first-order chi connectivity index (χ1) is 6.42. The van der Waals surface area contributed by atoms with Crippen molar-refractivity contribution in [3.63, 3.8) is 0 Å². The van der Waals surface area contributed by atoms with Gasteiger partial charge in [0.05, 0.1) is 6.20 Å². The quantitative estimate of drug-likeness (QED) is 0.593. The number of hydrogen-bond acceptors (Lipinski definition) is 2. The van der Waals surface area contributed by atoms with Gasteiger partial charge in [-0.05, 0) is 18.1 Å². The maximum absolute atomic E-state index is 8.53. The zero-order valence-corrected chi connectivity index (χ0v) is 6.94. The molecular weight excluding hydrogens is 164 g/mol. The lowest BCUT2D eigenvalue weighted by Crippen LogP contribution is -1.86. The van der Waals surface area contributed by atoms with E-state index in [1.807, 2.05) is 28.8 Å². The highest BCUT2D eigenvalue weighted by Crippen LogP contribution is 2.03. The van der Waals surface area contributed by atoms with Gasteiger partial charge in [-0.25, -0.2) is 4.98 Å². The Kier molecular flexibility index (Phi) is 1.99. The van der Waals surface area contributed by atoms with Gasteiger partial charge in [0.2, 0.25) is 0 Å². The Morgan fingerprint density at radius 1 is 1.46 bits per heavy atom. The molecule has 2 aromatic heterocycles. The van der Waals surface area contributed by atoms with Crippen molar-refractivity contribution < 1.29 is 5.11 Å². The third-order valence-electron chi connectivity index (χ3n) is 1.71. The Hall–Kier alpha value is -1.79. The molecule has 2 aromatic rings. The molecule has 0 bridgehead atoms. The highest BCUT2D eigenvalue weighted by molar-refractivity contribution is 5.44. The van der Waals surface area contributed by atoms with E-state index in [2.05, 4.69) is 16.8 Å². The van der Waals surface area contributed by atoms with Crippen molar-refractivity contribution in [1.82, 2.24) is 9.38 Å². The predicted molar refractivity (Wildman–Crippen MR) is 49.2 cm³/mol. The Bertz CT molecular complexity index is 476. The summed E-state index contributed by atoms with van der Waals surface area (Å²) < 4.78 is 1.88. The second-order valence-electron chi connectivity index (χ2n) is 2.53. The Morgan fingerprint density at radius 2 is 2.38 bits per heavy atom. The monoisotopic (exact) mass is 172 g/mol. The molecule has 0 fully saturated rings. The van der Waals surface area contributed by atoms with Crippen molar-refractivity contribution in [3.8, 4) is 11.8 Å². The van der Waals surface area contributed by atoms with E-state index < -0.39 is 0 Å². The van der Waals surface area contributed by atoms with E-state index in [0.29, 0.717) is 0 Å². The maximum Gasteiger partial charge on any atom is 0.137 e. The molecule has 0 aliphatic carbocycles. The predicted octanol–water partition coefficient (Wildman–Crippen LogP) is 0.678. The van der Waals surface area contributed by atoms with Gasteiger partial charge >= 0.3 is 0 Å². The van der Waals surface area contributed by atoms with E-state index in [9.17, 15) is 0 Å². The van der Waals surface area contributed by atoms with Crippen LogP contribution in [0.1, 0.15) is 5.69 Å². The Balaban J connectivity index is 2.58. The molecule has 0 amide bonds. The van der Waals surface area contributed by atoms with Crippen LogP contribution < -0.4 is 0 Å². The highest BCUT2D eigenvalue weighted by atomic mass is 16.2. The summed E-state index contributed by atoms with van der Waals surface area (Å²) in [6, 6.07) is 5.74. The molecule has 64 valence electrons. The number of aromatic nitrogens is 2. The zero-order chi connectivity index (χ0) is 9.10. The second-order valence-corrected chi connectivity index (χ2v) is 2.53. The summed E-state index contributed by atoms with van der Waals surface area (Å²) >= 11 is 0. The van der Waals surface area contributed by atoms with Gasteiger partial charge in [-0.15, -0.1) is 0 Å². The van der Waals surface area contributed by atoms with Crippen molar-refractivity contribution in [2.24, 2.45) is 0 Å². The molecule has 0 unspecified atom stereocenters. The summed E-state index contributed by atoms with van der Waals surface area (Å²) in [6.07, 6.45) is 3.59. The van der Waals surface area contributed by atoms with Gasteiger partial charge in [0, 0.05) is 6.20 Å². The van der Waals surface area contributed by atoms with Crippen molar-refractivity contribution in [1.29, 1.82) is 0 Å². The lowest BCUT2D eigenvalue weighted by atomic mass is 10.4. The summed E-state index contributed by atoms with van der Waals surface area (Å²) in [5.74, 6) is 5.41. The fraction of sp³-hybridized carbons (Fsp3) is 0.100. The zero-order valence-electron chi connectivity index (χ0n) is 6.94. The van der Waals surface area contributed by atoms with E-state index >= 15 is 0 Å². The Morgan fingerprint density at radius 3 is 3.23 bits per heavy atom. The number of fused-ring (bicyclic) bond motifs is 1. The SMILES string of the molecule is OCC#Cc1cnc2ccccn12. The number of hydrogen-bond donors (Lipinski definition) is 1. The van der Waals surface area contributed by atoms with E-state index in [4.69, 9.17) is 5.11 Å². The number of aliphatic hydroxyl groups excluding tert-OH is 1. The van der Waals surface area contributed by atoms with Gasteiger partial charge in [0.1, 0.15) is 17.9 Å². The van der Waals surface area contributed by atoms with Gasteiger partial charge in [-0.1, -0.05) is 12.0 Å². The number of aliphatic hydroxyl groups is 1. The normalized spacial score (nSPS) is 9.62. The number of imidazole rings is 1. The fourth-order valence-corrected chi connectivity index (χ4v) is 1.16. The van der Waals surface area contributed by atoms with Crippen LogP contribution in [-0.4, -0.2) is 21.1 Å². The third-order valence-corrected chi connectivity index (χ3v) is 1.71. The lowest BCUT2D eigenvalue weighted by Gasteiger charge is -1.91. The lowest BCUT2D eigenvalue weighted by molar-refractivity contribution is 0.350. The summed E-state index contributed by atoms with van der Waals surface area (Å²) in [7, 11) is 0. The molecule has 0 aromatic carbocycles. The molecule has 0 atom stereocenters. The van der Waals surface area contributed by atoms with Gasteiger partial charge in [-0.2, -0.15) is 0 Å². The van der Waals surface area contributed by atoms with Crippen LogP contribution in [0.15, 0.2) is 30.6 Å². The van der Waals surface area contributed by atoms with E-state index in [0.717, 1.165) is 11.3 Å². The largest absolute Gasteiger partial charge is 0.384 e. The second kappa shape index (κ2) is 3.30. The summed E-state index contributed by atoms with van der Waals surface area (Å²) in [6.45, 7) is -0.125. The molecule has 3 heteroatoms. The van der Waals surface area contributed by atoms with Gasteiger partial charge in [-0.3, -0.25) is 4.40 Å². The van der Waals surface area contributed by atoms with Crippen LogP contribution in [0.4, 0.5) is 0 Å². The number of pyridine rings is 1. The minimum atomic E-state index is -0.125. The summed E-state index contributed by atoms with van der Waals surface area (Å²) in [5, 5.41) is 8.53. The molecule has 0 aliphatic rings. The summed E-state index contributed by atoms with van der Waals surface area (Å²) in [5.41, 5.74) is 1.66. The molecule has 13 heavy (non-hydrogen) atoms. The maximum atomic E-state index is 8.53. The molecule has 0 radical (unpaired) electrons. The number of rotatable bonds is 0. The first-order valence-electron chi connectivity index (χ1n) is 3.93. The van der Waals surface area contributed by atoms with Gasteiger partial charge < -0.3 is 5.11 Å². The molecule has 2 heterocycles. The molecular formula is C10H8N2O. The first kappa shape index (κ1) is 7.84. The van der Waals surface area contributed by atoms with E-state index in [1.54, 1.807) is 6.20 Å². The van der Waals surface area contributed by atoms with Crippen molar-refractivity contribution >= 4 is 5.65 Å². The van der Waals surface area contributed by atoms with Crippen LogP contribution in [0.3, 0.4) is 0 Å². The smallest absolute Gasteiger partial charge is 0.137 e.